The Hall–Kier alpha value is -1.66. The van der Waals surface area contributed by atoms with Gasteiger partial charge in [-0.15, -0.1) is 0 Å². The van der Waals surface area contributed by atoms with Crippen LogP contribution in [0.2, 0.25) is 0 Å². The lowest BCUT2D eigenvalue weighted by Gasteiger charge is -2.42. The lowest BCUT2D eigenvalue weighted by atomic mass is 9.92. The zero-order chi connectivity index (χ0) is 19.3. The van der Waals surface area contributed by atoms with Crippen LogP contribution in [0.4, 0.5) is 4.39 Å². The number of nitrogens with zero attached hydrogens (tertiary/aromatic N) is 1. The van der Waals surface area contributed by atoms with Gasteiger partial charge in [0.1, 0.15) is 18.2 Å². The summed E-state index contributed by atoms with van der Waals surface area (Å²) in [5.41, 5.74) is -0.147. The number of halogens is 1. The van der Waals surface area contributed by atoms with Gasteiger partial charge in [-0.05, 0) is 70.3 Å². The highest BCUT2D eigenvalue weighted by atomic mass is 19.1. The Labute approximate surface area is 161 Å². The molecule has 6 heteroatoms. The fourth-order valence-electron chi connectivity index (χ4n) is 4.15. The third kappa shape index (κ3) is 5.66. The van der Waals surface area contributed by atoms with Gasteiger partial charge in [0.25, 0.3) is 0 Å². The monoisotopic (exact) mass is 378 g/mol. The van der Waals surface area contributed by atoms with Crippen molar-refractivity contribution in [2.24, 2.45) is 0 Å². The molecule has 0 radical (unpaired) electrons. The molecule has 5 nitrogen and oxygen atoms in total. The van der Waals surface area contributed by atoms with Crippen LogP contribution in [0.3, 0.4) is 0 Å². The largest absolute Gasteiger partial charge is 0.492 e. The molecule has 0 unspecified atom stereocenters. The fourth-order valence-corrected chi connectivity index (χ4v) is 4.15. The fraction of sp³-hybridized carbons (Fsp3) is 0.667. The predicted molar refractivity (Wildman–Crippen MR) is 102 cm³/mol. The molecule has 0 aliphatic carbocycles. The molecular weight excluding hydrogens is 347 g/mol. The van der Waals surface area contributed by atoms with Crippen molar-refractivity contribution in [3.05, 3.63) is 30.1 Å². The minimum atomic E-state index is -0.260. The molecule has 1 aromatic rings. The standard InChI is InChI=1S/C21H31FN2O3/c1-21(2)15-18(10-13-27-21)24-17(5-8-20(24)25)9-11-23-12-14-26-19-6-3-16(22)4-7-19/h3-4,6-7,17-18,23H,5,8-15H2,1-2H3/t17-,18+/m1/s1. The molecule has 2 aliphatic rings. The molecule has 150 valence electrons. The number of amides is 1. The highest BCUT2D eigenvalue weighted by Gasteiger charge is 2.40. The van der Waals surface area contributed by atoms with E-state index in [-0.39, 0.29) is 11.4 Å². The molecule has 0 aromatic heterocycles. The number of benzene rings is 1. The van der Waals surface area contributed by atoms with Crippen LogP contribution >= 0.6 is 0 Å². The van der Waals surface area contributed by atoms with Gasteiger partial charge in [0.05, 0.1) is 5.60 Å². The van der Waals surface area contributed by atoms with E-state index in [9.17, 15) is 9.18 Å². The van der Waals surface area contributed by atoms with Crippen molar-refractivity contribution in [3.63, 3.8) is 0 Å². The van der Waals surface area contributed by atoms with Crippen LogP contribution in [0.15, 0.2) is 24.3 Å². The predicted octanol–water partition coefficient (Wildman–Crippen LogP) is 3.13. The summed E-state index contributed by atoms with van der Waals surface area (Å²) in [5, 5.41) is 3.39. The molecule has 27 heavy (non-hydrogen) atoms. The zero-order valence-electron chi connectivity index (χ0n) is 16.4. The molecule has 1 amide bonds. The Kier molecular flexibility index (Phi) is 6.71. The van der Waals surface area contributed by atoms with E-state index in [2.05, 4.69) is 24.1 Å². The number of carbonyl (C=O) groups excluding carboxylic acids is 1. The van der Waals surface area contributed by atoms with Crippen LogP contribution in [0.25, 0.3) is 0 Å². The first kappa shape index (κ1) is 20.1. The van der Waals surface area contributed by atoms with E-state index in [4.69, 9.17) is 9.47 Å². The third-order valence-corrected chi connectivity index (χ3v) is 5.45. The molecular formula is C21H31FN2O3. The van der Waals surface area contributed by atoms with E-state index in [1.165, 1.54) is 12.1 Å². The van der Waals surface area contributed by atoms with Gasteiger partial charge in [-0.2, -0.15) is 0 Å². The first-order chi connectivity index (χ1) is 12.9. The maximum absolute atomic E-state index is 12.9. The minimum absolute atomic E-state index is 0.147. The summed E-state index contributed by atoms with van der Waals surface area (Å²) in [7, 11) is 0. The number of likely N-dealkylation sites (tertiary alicyclic amines) is 1. The molecule has 0 bridgehead atoms. The van der Waals surface area contributed by atoms with E-state index < -0.39 is 0 Å². The number of nitrogens with one attached hydrogen (secondary N) is 1. The highest BCUT2D eigenvalue weighted by Crippen LogP contribution is 2.33. The van der Waals surface area contributed by atoms with E-state index in [0.29, 0.717) is 36.8 Å². The molecule has 2 heterocycles. The second kappa shape index (κ2) is 9.02. The lowest BCUT2D eigenvalue weighted by molar-refractivity contribution is -0.138. The average molecular weight is 378 g/mol. The Bertz CT molecular complexity index is 620. The van der Waals surface area contributed by atoms with Crippen LogP contribution in [0.1, 0.15) is 46.0 Å². The lowest BCUT2D eigenvalue weighted by Crippen LogP contribution is -2.50. The van der Waals surface area contributed by atoms with Gasteiger partial charge in [0.15, 0.2) is 0 Å². The SMILES string of the molecule is CC1(C)C[C@@H](N2C(=O)CC[C@@H]2CCNCCOc2ccc(F)cc2)CCO1. The Morgan fingerprint density at radius 1 is 1.26 bits per heavy atom. The summed E-state index contributed by atoms with van der Waals surface area (Å²) in [6, 6.07) is 6.68. The van der Waals surface area contributed by atoms with Crippen molar-refractivity contribution in [3.8, 4) is 5.75 Å². The molecule has 0 saturated carbocycles. The molecule has 1 N–H and O–H groups in total. The van der Waals surface area contributed by atoms with Crippen molar-refractivity contribution in [1.82, 2.24) is 10.2 Å². The van der Waals surface area contributed by atoms with Crippen LogP contribution in [-0.2, 0) is 9.53 Å². The van der Waals surface area contributed by atoms with E-state index in [1.807, 2.05) is 0 Å². The first-order valence-electron chi connectivity index (χ1n) is 9.99. The van der Waals surface area contributed by atoms with E-state index >= 15 is 0 Å². The maximum Gasteiger partial charge on any atom is 0.223 e. The summed E-state index contributed by atoms with van der Waals surface area (Å²) in [4.78, 5) is 14.6. The highest BCUT2D eigenvalue weighted by molar-refractivity contribution is 5.79. The number of carbonyl (C=O) groups is 1. The quantitative estimate of drug-likeness (QED) is 0.706. The van der Waals surface area contributed by atoms with Crippen LogP contribution in [0, 0.1) is 5.82 Å². The molecule has 2 atom stereocenters. The van der Waals surface area contributed by atoms with Crippen molar-refractivity contribution in [2.45, 2.75) is 63.6 Å². The summed E-state index contributed by atoms with van der Waals surface area (Å²) in [6.45, 7) is 7.06. The number of hydrogen-bond acceptors (Lipinski definition) is 4. The maximum atomic E-state index is 12.9. The molecule has 2 fully saturated rings. The van der Waals surface area contributed by atoms with Gasteiger partial charge in [0.2, 0.25) is 5.91 Å². The Balaban J connectivity index is 1.38. The van der Waals surface area contributed by atoms with Gasteiger partial charge < -0.3 is 19.7 Å². The smallest absolute Gasteiger partial charge is 0.223 e. The normalized spacial score (nSPS) is 25.0. The number of hydrogen-bond donors (Lipinski definition) is 1. The van der Waals surface area contributed by atoms with Gasteiger partial charge >= 0.3 is 0 Å². The van der Waals surface area contributed by atoms with E-state index in [1.54, 1.807) is 12.1 Å². The third-order valence-electron chi connectivity index (χ3n) is 5.45. The minimum Gasteiger partial charge on any atom is -0.492 e. The summed E-state index contributed by atoms with van der Waals surface area (Å²) >= 11 is 0. The number of ether oxygens (including phenoxy) is 2. The Morgan fingerprint density at radius 2 is 2.04 bits per heavy atom. The molecule has 1 aromatic carbocycles. The van der Waals surface area contributed by atoms with Crippen LogP contribution < -0.4 is 10.1 Å². The summed E-state index contributed by atoms with van der Waals surface area (Å²) < 4.78 is 24.2. The molecule has 2 aliphatic heterocycles. The summed E-state index contributed by atoms with van der Waals surface area (Å²) in [6.07, 6.45) is 4.42. The molecule has 2 saturated heterocycles. The zero-order valence-corrected chi connectivity index (χ0v) is 16.4. The van der Waals surface area contributed by atoms with Crippen molar-refractivity contribution >= 4 is 5.91 Å². The van der Waals surface area contributed by atoms with Gasteiger partial charge in [0, 0.05) is 31.7 Å². The van der Waals surface area contributed by atoms with Crippen LogP contribution in [0.5, 0.6) is 5.75 Å². The number of rotatable bonds is 8. The first-order valence-corrected chi connectivity index (χ1v) is 9.99. The summed E-state index contributed by atoms with van der Waals surface area (Å²) in [5.74, 6) is 0.708. The second-order valence-corrected chi connectivity index (χ2v) is 8.09. The van der Waals surface area contributed by atoms with Crippen molar-refractivity contribution in [2.75, 3.05) is 26.3 Å². The average Bonchev–Trinajstić information content (AvgIpc) is 2.99. The van der Waals surface area contributed by atoms with Crippen LogP contribution in [-0.4, -0.2) is 54.8 Å². The van der Waals surface area contributed by atoms with Gasteiger partial charge in [-0.25, -0.2) is 4.39 Å². The topological polar surface area (TPSA) is 50.8 Å². The molecule has 3 rings (SSSR count). The van der Waals surface area contributed by atoms with E-state index in [0.717, 1.165) is 45.4 Å². The Morgan fingerprint density at radius 3 is 2.78 bits per heavy atom. The van der Waals surface area contributed by atoms with Gasteiger partial charge in [-0.3, -0.25) is 4.79 Å². The van der Waals surface area contributed by atoms with Crippen molar-refractivity contribution in [1.29, 1.82) is 0 Å². The van der Waals surface area contributed by atoms with Crippen molar-refractivity contribution < 1.29 is 18.7 Å². The van der Waals surface area contributed by atoms with Gasteiger partial charge in [-0.1, -0.05) is 0 Å². The second-order valence-electron chi connectivity index (χ2n) is 8.09. The molecule has 0 spiro atoms.